The third-order valence-electron chi connectivity index (χ3n) is 3.18. The maximum absolute atomic E-state index is 12.6. The fourth-order valence-corrected chi connectivity index (χ4v) is 2.28. The lowest BCUT2D eigenvalue weighted by atomic mass is 9.88. The van der Waals surface area contributed by atoms with Crippen molar-refractivity contribution in [3.05, 3.63) is 46.7 Å². The van der Waals surface area contributed by atoms with E-state index in [0.717, 1.165) is 11.6 Å². The summed E-state index contributed by atoms with van der Waals surface area (Å²) in [7, 11) is 0. The first-order valence-electron chi connectivity index (χ1n) is 7.15. The van der Waals surface area contributed by atoms with Gasteiger partial charge in [0.25, 0.3) is 0 Å². The van der Waals surface area contributed by atoms with Crippen LogP contribution in [0.3, 0.4) is 0 Å². The monoisotopic (exact) mass is 301 g/mol. The van der Waals surface area contributed by atoms with Crippen molar-refractivity contribution in [2.45, 2.75) is 39.7 Å². The Bertz CT molecular complexity index is 680. The normalized spacial score (nSPS) is 14.3. The number of rotatable bonds is 2. The van der Waals surface area contributed by atoms with E-state index in [1.807, 2.05) is 6.92 Å². The van der Waals surface area contributed by atoms with E-state index < -0.39 is 11.7 Å². The van der Waals surface area contributed by atoms with Gasteiger partial charge in [-0.3, -0.25) is 14.9 Å². The van der Waals surface area contributed by atoms with Crippen molar-refractivity contribution < 1.29 is 19.1 Å². The topological polar surface area (TPSA) is 72.5 Å². The average molecular weight is 301 g/mol. The van der Waals surface area contributed by atoms with Gasteiger partial charge in [-0.25, -0.2) is 4.79 Å². The highest BCUT2D eigenvalue weighted by atomic mass is 16.6. The van der Waals surface area contributed by atoms with Crippen LogP contribution in [0.25, 0.3) is 0 Å². The number of benzene rings is 1. The summed E-state index contributed by atoms with van der Waals surface area (Å²) in [5.74, 6) is -0.658. The van der Waals surface area contributed by atoms with Gasteiger partial charge in [-0.2, -0.15) is 0 Å². The maximum Gasteiger partial charge on any atom is 0.412 e. The molecule has 0 saturated carbocycles. The molecule has 0 fully saturated rings. The van der Waals surface area contributed by atoms with Crippen LogP contribution in [0.1, 0.15) is 54.0 Å². The molecular formula is C17H19NO4. The summed E-state index contributed by atoms with van der Waals surface area (Å²) >= 11 is 0. The number of nitrogens with one attached hydrogen (secondary N) is 1. The molecule has 0 atom stereocenters. The molecule has 0 aliphatic heterocycles. The quantitative estimate of drug-likeness (QED) is 0.911. The summed E-state index contributed by atoms with van der Waals surface area (Å²) < 4.78 is 5.11. The number of ether oxygens (including phenoxy) is 1. The van der Waals surface area contributed by atoms with E-state index in [1.54, 1.807) is 39.0 Å². The van der Waals surface area contributed by atoms with Crippen LogP contribution in [0.5, 0.6) is 0 Å². The minimum atomic E-state index is -0.752. The van der Waals surface area contributed by atoms with Crippen molar-refractivity contribution in [3.63, 3.8) is 0 Å². The Kier molecular flexibility index (Phi) is 4.17. The Labute approximate surface area is 129 Å². The van der Waals surface area contributed by atoms with Gasteiger partial charge in [0.2, 0.25) is 5.78 Å². The molecule has 5 nitrogen and oxygen atoms in total. The summed E-state index contributed by atoms with van der Waals surface area (Å²) in [6, 6.07) is 5.18. The van der Waals surface area contributed by atoms with Crippen molar-refractivity contribution in [3.8, 4) is 0 Å². The van der Waals surface area contributed by atoms with Crippen LogP contribution in [-0.2, 0) is 11.2 Å². The first kappa shape index (κ1) is 15.9. The molecule has 5 heteroatoms. The highest BCUT2D eigenvalue weighted by molar-refractivity contribution is 6.25. The zero-order valence-electron chi connectivity index (χ0n) is 13.1. The van der Waals surface area contributed by atoms with E-state index in [2.05, 4.69) is 5.32 Å². The highest BCUT2D eigenvalue weighted by Crippen LogP contribution is 2.24. The van der Waals surface area contributed by atoms with Gasteiger partial charge in [0, 0.05) is 17.2 Å². The number of fused-ring (bicyclic) bond motifs is 1. The van der Waals surface area contributed by atoms with Gasteiger partial charge in [-0.05, 0) is 32.8 Å². The van der Waals surface area contributed by atoms with Crippen LogP contribution in [0, 0.1) is 0 Å². The summed E-state index contributed by atoms with van der Waals surface area (Å²) in [6.45, 7) is 7.07. The van der Waals surface area contributed by atoms with Crippen LogP contribution in [-0.4, -0.2) is 23.3 Å². The smallest absolute Gasteiger partial charge is 0.412 e. The lowest BCUT2D eigenvalue weighted by molar-refractivity contribution is 0.0539. The Balaban J connectivity index is 2.31. The second-order valence-corrected chi connectivity index (χ2v) is 6.07. The Morgan fingerprint density at radius 3 is 2.50 bits per heavy atom. The number of hydrogen-bond acceptors (Lipinski definition) is 4. The minimum Gasteiger partial charge on any atom is -0.444 e. The van der Waals surface area contributed by atoms with E-state index in [-0.39, 0.29) is 17.3 Å². The first-order valence-corrected chi connectivity index (χ1v) is 7.15. The molecule has 1 N–H and O–H groups in total. The third-order valence-corrected chi connectivity index (χ3v) is 3.18. The predicted octanol–water partition coefficient (Wildman–Crippen LogP) is 3.04. The second-order valence-electron chi connectivity index (χ2n) is 6.07. The summed E-state index contributed by atoms with van der Waals surface area (Å²) in [5.41, 5.74) is 0.793. The van der Waals surface area contributed by atoms with Crippen molar-refractivity contribution in [2.24, 2.45) is 0 Å². The molecule has 0 saturated heterocycles. The van der Waals surface area contributed by atoms with Crippen LogP contribution in [0.2, 0.25) is 0 Å². The van der Waals surface area contributed by atoms with Gasteiger partial charge in [0.05, 0.1) is 5.70 Å². The molecular weight excluding hydrogens is 282 g/mol. The molecule has 2 rings (SSSR count). The largest absolute Gasteiger partial charge is 0.444 e. The van der Waals surface area contributed by atoms with E-state index in [1.165, 1.54) is 0 Å². The first-order chi connectivity index (χ1) is 10.2. The number of ketones is 2. The van der Waals surface area contributed by atoms with E-state index in [0.29, 0.717) is 17.5 Å². The molecule has 116 valence electrons. The van der Waals surface area contributed by atoms with Crippen molar-refractivity contribution >= 4 is 17.7 Å². The predicted molar refractivity (Wildman–Crippen MR) is 81.9 cm³/mol. The third kappa shape index (κ3) is 3.24. The molecule has 1 aliphatic rings. The highest BCUT2D eigenvalue weighted by Gasteiger charge is 2.29. The zero-order valence-corrected chi connectivity index (χ0v) is 13.1. The van der Waals surface area contributed by atoms with Gasteiger partial charge in [-0.15, -0.1) is 0 Å². The summed E-state index contributed by atoms with van der Waals surface area (Å²) in [5, 5.41) is 2.38. The zero-order chi connectivity index (χ0) is 16.5. The molecule has 0 unspecified atom stereocenters. The second kappa shape index (κ2) is 5.75. The van der Waals surface area contributed by atoms with Crippen LogP contribution >= 0.6 is 0 Å². The van der Waals surface area contributed by atoms with Crippen LogP contribution in [0.15, 0.2) is 30.0 Å². The van der Waals surface area contributed by atoms with Gasteiger partial charge < -0.3 is 4.74 Å². The standard InChI is InChI=1S/C17H19NO4/c1-5-10-7-6-8-11-13(19)9-12(15(20)14(10)11)18-16(21)22-17(2,3)4/h6-9H,5H2,1-4H3,(H,18,21). The van der Waals surface area contributed by atoms with Gasteiger partial charge in [0.1, 0.15) is 5.60 Å². The maximum atomic E-state index is 12.6. The molecule has 0 radical (unpaired) electrons. The van der Waals surface area contributed by atoms with Gasteiger partial charge in [-0.1, -0.05) is 25.1 Å². The number of carbonyl (C=O) groups is 3. The Hall–Kier alpha value is -2.43. The molecule has 0 bridgehead atoms. The molecule has 0 spiro atoms. The SMILES string of the molecule is CCc1cccc2c1C(=O)C(NC(=O)OC(C)(C)C)=CC2=O. The number of carbonyl (C=O) groups excluding carboxylic acids is 3. The molecule has 1 aromatic carbocycles. The van der Waals surface area contributed by atoms with Crippen molar-refractivity contribution in [1.82, 2.24) is 5.32 Å². The molecule has 1 amide bonds. The number of hydrogen-bond donors (Lipinski definition) is 1. The van der Waals surface area contributed by atoms with E-state index >= 15 is 0 Å². The van der Waals surface area contributed by atoms with Crippen LogP contribution < -0.4 is 5.32 Å². The average Bonchev–Trinajstić information content (AvgIpc) is 2.41. The number of aryl methyl sites for hydroxylation is 1. The number of alkyl carbamates (subject to hydrolysis) is 1. The molecule has 1 aromatic rings. The molecule has 1 aliphatic carbocycles. The summed E-state index contributed by atoms with van der Waals surface area (Å²) in [6.07, 6.45) is 1.02. The van der Waals surface area contributed by atoms with Crippen LogP contribution in [0.4, 0.5) is 4.79 Å². The lowest BCUT2D eigenvalue weighted by Crippen LogP contribution is -2.36. The Morgan fingerprint density at radius 2 is 1.91 bits per heavy atom. The van der Waals surface area contributed by atoms with Gasteiger partial charge >= 0.3 is 6.09 Å². The molecule has 22 heavy (non-hydrogen) atoms. The summed E-state index contributed by atoms with van der Waals surface area (Å²) in [4.78, 5) is 36.5. The van der Waals surface area contributed by atoms with E-state index in [4.69, 9.17) is 4.74 Å². The number of Topliss-reactive ketones (excluding diaryl/α,β-unsaturated/α-hetero) is 1. The molecule has 0 heterocycles. The van der Waals surface area contributed by atoms with Gasteiger partial charge in [0.15, 0.2) is 5.78 Å². The number of allylic oxidation sites excluding steroid dienone is 2. The van der Waals surface area contributed by atoms with Crippen molar-refractivity contribution in [2.75, 3.05) is 0 Å². The van der Waals surface area contributed by atoms with Crippen molar-refractivity contribution in [1.29, 1.82) is 0 Å². The fraction of sp³-hybridized carbons (Fsp3) is 0.353. The molecule has 0 aromatic heterocycles. The Morgan fingerprint density at radius 1 is 1.23 bits per heavy atom. The fourth-order valence-electron chi connectivity index (χ4n) is 2.28. The number of amides is 1. The van der Waals surface area contributed by atoms with E-state index in [9.17, 15) is 14.4 Å². The minimum absolute atomic E-state index is 0.0485. The lowest BCUT2D eigenvalue weighted by Gasteiger charge is -2.22.